The summed E-state index contributed by atoms with van der Waals surface area (Å²) in [6.07, 6.45) is 2.23. The smallest absolute Gasteiger partial charge is 0.290 e. The molecule has 0 saturated carbocycles. The Kier molecular flexibility index (Phi) is 6.58. The summed E-state index contributed by atoms with van der Waals surface area (Å²) in [5.74, 6) is 0.513. The van der Waals surface area contributed by atoms with Gasteiger partial charge in [-0.3, -0.25) is 9.59 Å². The third-order valence-electron chi connectivity index (χ3n) is 6.37. The highest BCUT2D eigenvalue weighted by Crippen LogP contribution is 2.38. The Balaban J connectivity index is 1.41. The van der Waals surface area contributed by atoms with Crippen LogP contribution in [0.25, 0.3) is 0 Å². The number of carbonyl (C=O) groups is 2. The van der Waals surface area contributed by atoms with Gasteiger partial charge >= 0.3 is 0 Å². The van der Waals surface area contributed by atoms with E-state index in [1.807, 2.05) is 79.4 Å². The first kappa shape index (κ1) is 23.4. The molecule has 6 nitrogen and oxygen atoms in total. The van der Waals surface area contributed by atoms with E-state index >= 15 is 0 Å². The molecular formula is C30H28N2O4. The van der Waals surface area contributed by atoms with Crippen LogP contribution in [0.4, 0.5) is 5.69 Å². The summed E-state index contributed by atoms with van der Waals surface area (Å²) in [5, 5.41) is 2.87. The first-order valence-corrected chi connectivity index (χ1v) is 12.0. The zero-order valence-electron chi connectivity index (χ0n) is 20.4. The zero-order chi connectivity index (χ0) is 25.1. The van der Waals surface area contributed by atoms with Crippen LogP contribution in [0.1, 0.15) is 44.4 Å². The van der Waals surface area contributed by atoms with Crippen molar-refractivity contribution in [3.8, 4) is 5.75 Å². The van der Waals surface area contributed by atoms with E-state index in [-0.39, 0.29) is 24.5 Å². The highest BCUT2D eigenvalue weighted by Gasteiger charge is 2.34. The van der Waals surface area contributed by atoms with Crippen molar-refractivity contribution in [2.24, 2.45) is 0 Å². The van der Waals surface area contributed by atoms with Gasteiger partial charge in [0, 0.05) is 12.2 Å². The molecule has 1 unspecified atom stereocenters. The molecule has 0 fully saturated rings. The van der Waals surface area contributed by atoms with Crippen molar-refractivity contribution in [1.82, 2.24) is 4.90 Å². The number of nitrogens with zero attached hydrogens (tertiary/aromatic N) is 1. The summed E-state index contributed by atoms with van der Waals surface area (Å²) in [6, 6.07) is 24.8. The average Bonchev–Trinajstić information content (AvgIpc) is 3.41. The molecule has 0 radical (unpaired) electrons. The predicted molar refractivity (Wildman–Crippen MR) is 138 cm³/mol. The SMILES string of the molecule is Cc1cccc(NC(=O)COc2ccc3c(c2)C(c2cccc(C)c2)N(C(=O)c2ccco2)CC3)c1. The molecule has 0 bridgehead atoms. The van der Waals surface area contributed by atoms with Gasteiger partial charge in [-0.1, -0.05) is 48.0 Å². The van der Waals surface area contributed by atoms with E-state index in [1.54, 1.807) is 12.1 Å². The molecule has 0 saturated heterocycles. The van der Waals surface area contributed by atoms with E-state index in [4.69, 9.17) is 9.15 Å². The number of ether oxygens (including phenoxy) is 1. The van der Waals surface area contributed by atoms with E-state index in [9.17, 15) is 9.59 Å². The number of amides is 2. The van der Waals surface area contributed by atoms with Crippen LogP contribution in [0.2, 0.25) is 0 Å². The van der Waals surface area contributed by atoms with Crippen LogP contribution in [-0.4, -0.2) is 29.9 Å². The largest absolute Gasteiger partial charge is 0.484 e. The summed E-state index contributed by atoms with van der Waals surface area (Å²) >= 11 is 0. The third-order valence-corrected chi connectivity index (χ3v) is 6.37. The number of furan rings is 1. The van der Waals surface area contributed by atoms with E-state index < -0.39 is 0 Å². The lowest BCUT2D eigenvalue weighted by molar-refractivity contribution is -0.118. The zero-order valence-corrected chi connectivity index (χ0v) is 20.4. The molecule has 1 atom stereocenters. The number of fused-ring (bicyclic) bond motifs is 1. The normalized spacial score (nSPS) is 14.7. The fraction of sp³-hybridized carbons (Fsp3) is 0.200. The van der Waals surface area contributed by atoms with Gasteiger partial charge in [0.1, 0.15) is 5.75 Å². The molecule has 1 aromatic heterocycles. The van der Waals surface area contributed by atoms with Gasteiger partial charge in [0.25, 0.3) is 11.8 Å². The summed E-state index contributed by atoms with van der Waals surface area (Å²) in [5.41, 5.74) is 6.08. The molecule has 36 heavy (non-hydrogen) atoms. The van der Waals surface area contributed by atoms with Gasteiger partial charge in [-0.2, -0.15) is 0 Å². The highest BCUT2D eigenvalue weighted by atomic mass is 16.5. The van der Waals surface area contributed by atoms with Crippen LogP contribution in [0.3, 0.4) is 0 Å². The van der Waals surface area contributed by atoms with E-state index in [1.165, 1.54) is 6.26 Å². The van der Waals surface area contributed by atoms with Crippen LogP contribution in [-0.2, 0) is 11.2 Å². The summed E-state index contributed by atoms with van der Waals surface area (Å²) in [7, 11) is 0. The fourth-order valence-corrected chi connectivity index (χ4v) is 4.71. The van der Waals surface area contributed by atoms with Crippen molar-refractivity contribution in [2.75, 3.05) is 18.5 Å². The molecule has 5 rings (SSSR count). The van der Waals surface area contributed by atoms with Gasteiger partial charge < -0.3 is 19.4 Å². The van der Waals surface area contributed by atoms with Gasteiger partial charge in [0.2, 0.25) is 0 Å². The molecule has 0 aliphatic carbocycles. The van der Waals surface area contributed by atoms with Crippen molar-refractivity contribution in [3.05, 3.63) is 119 Å². The van der Waals surface area contributed by atoms with Crippen LogP contribution in [0.15, 0.2) is 89.5 Å². The third kappa shape index (κ3) is 5.03. The van der Waals surface area contributed by atoms with Crippen LogP contribution in [0, 0.1) is 13.8 Å². The number of aryl methyl sites for hydroxylation is 2. The lowest BCUT2D eigenvalue weighted by Gasteiger charge is -2.37. The molecule has 4 aromatic rings. The summed E-state index contributed by atoms with van der Waals surface area (Å²) in [6.45, 7) is 4.48. The first-order valence-electron chi connectivity index (χ1n) is 12.0. The minimum Gasteiger partial charge on any atom is -0.484 e. The Bertz CT molecular complexity index is 1390. The fourth-order valence-electron chi connectivity index (χ4n) is 4.71. The Labute approximate surface area is 210 Å². The second-order valence-electron chi connectivity index (χ2n) is 9.11. The second kappa shape index (κ2) is 10.1. The van der Waals surface area contributed by atoms with Gasteiger partial charge in [-0.15, -0.1) is 0 Å². The number of hydrogen-bond acceptors (Lipinski definition) is 4. The Morgan fingerprint density at radius 1 is 0.972 bits per heavy atom. The molecule has 1 N–H and O–H groups in total. The maximum Gasteiger partial charge on any atom is 0.290 e. The molecule has 1 aliphatic heterocycles. The Morgan fingerprint density at radius 2 is 1.78 bits per heavy atom. The molecular weight excluding hydrogens is 452 g/mol. The van der Waals surface area contributed by atoms with E-state index in [2.05, 4.69) is 11.4 Å². The maximum absolute atomic E-state index is 13.4. The van der Waals surface area contributed by atoms with Gasteiger partial charge in [-0.05, 0) is 78.9 Å². The Morgan fingerprint density at radius 3 is 2.53 bits per heavy atom. The number of benzene rings is 3. The lowest BCUT2D eigenvalue weighted by Crippen LogP contribution is -2.40. The molecule has 6 heteroatoms. The lowest BCUT2D eigenvalue weighted by atomic mass is 9.87. The van der Waals surface area contributed by atoms with E-state index in [0.717, 1.165) is 39.9 Å². The van der Waals surface area contributed by atoms with Crippen LogP contribution >= 0.6 is 0 Å². The predicted octanol–water partition coefficient (Wildman–Crippen LogP) is 5.70. The van der Waals surface area contributed by atoms with Crippen molar-refractivity contribution in [3.63, 3.8) is 0 Å². The standard InChI is InChI=1S/C30H28N2O4/c1-20-6-3-8-23(16-20)29-26-18-25(36-19-28(33)31-24-9-4-7-21(2)17-24)12-11-22(26)13-14-32(29)30(34)27-10-5-15-35-27/h3-12,15-18,29H,13-14,19H2,1-2H3,(H,31,33). The highest BCUT2D eigenvalue weighted by molar-refractivity contribution is 5.92. The van der Waals surface area contributed by atoms with Gasteiger partial charge in [0.05, 0.1) is 12.3 Å². The topological polar surface area (TPSA) is 71.8 Å². The molecule has 2 amide bonds. The molecule has 1 aliphatic rings. The van der Waals surface area contributed by atoms with Gasteiger partial charge in [-0.25, -0.2) is 0 Å². The summed E-state index contributed by atoms with van der Waals surface area (Å²) < 4.78 is 11.3. The minimum absolute atomic E-state index is 0.114. The van der Waals surface area contributed by atoms with Crippen molar-refractivity contribution in [1.29, 1.82) is 0 Å². The average molecular weight is 481 g/mol. The number of carbonyl (C=O) groups excluding carboxylic acids is 2. The quantitative estimate of drug-likeness (QED) is 0.384. The van der Waals surface area contributed by atoms with Crippen molar-refractivity contribution >= 4 is 17.5 Å². The summed E-state index contributed by atoms with van der Waals surface area (Å²) in [4.78, 5) is 27.7. The number of hydrogen-bond donors (Lipinski definition) is 1. The van der Waals surface area contributed by atoms with Crippen molar-refractivity contribution in [2.45, 2.75) is 26.3 Å². The van der Waals surface area contributed by atoms with Crippen LogP contribution in [0.5, 0.6) is 5.75 Å². The Hall–Kier alpha value is -4.32. The van der Waals surface area contributed by atoms with Crippen molar-refractivity contribution < 1.29 is 18.7 Å². The molecule has 0 spiro atoms. The second-order valence-corrected chi connectivity index (χ2v) is 9.11. The maximum atomic E-state index is 13.4. The van der Waals surface area contributed by atoms with Crippen LogP contribution < -0.4 is 10.1 Å². The number of anilines is 1. The van der Waals surface area contributed by atoms with E-state index in [0.29, 0.717) is 18.1 Å². The minimum atomic E-state index is -0.295. The number of rotatable bonds is 6. The first-order chi connectivity index (χ1) is 17.5. The number of nitrogens with one attached hydrogen (secondary N) is 1. The monoisotopic (exact) mass is 480 g/mol. The molecule has 3 aromatic carbocycles. The van der Waals surface area contributed by atoms with Gasteiger partial charge in [0.15, 0.2) is 12.4 Å². The molecule has 2 heterocycles. The molecule has 182 valence electrons.